The number of aliphatic hydroxyl groups is 2. The molecule has 0 aromatic carbocycles. The number of aromatic amines is 1. The van der Waals surface area contributed by atoms with Gasteiger partial charge in [0, 0.05) is 12.8 Å². The summed E-state index contributed by atoms with van der Waals surface area (Å²) in [5.41, 5.74) is 8.53. The number of hydrogen-bond donors (Lipinski definition) is 5. The molecular formula is C23H36N9O10P. The van der Waals surface area contributed by atoms with Crippen molar-refractivity contribution in [1.82, 2.24) is 34.1 Å². The number of nitrogens with one attached hydrogen (secondary N) is 1. The molecule has 2 saturated heterocycles. The number of aliphatic hydroxyl groups excluding tert-OH is 2. The van der Waals surface area contributed by atoms with Crippen LogP contribution in [0.15, 0.2) is 22.2 Å². The van der Waals surface area contributed by atoms with Gasteiger partial charge in [0.15, 0.2) is 11.2 Å². The van der Waals surface area contributed by atoms with Crippen molar-refractivity contribution in [3.63, 3.8) is 0 Å². The Kier molecular flexibility index (Phi) is 9.79. The summed E-state index contributed by atoms with van der Waals surface area (Å²) < 4.78 is 36.4. The lowest BCUT2D eigenvalue weighted by Crippen LogP contribution is -2.67. The van der Waals surface area contributed by atoms with Gasteiger partial charge in [0.05, 0.1) is 37.3 Å². The number of quaternary nitrogens is 1. The van der Waals surface area contributed by atoms with Crippen LogP contribution in [-0.2, 0) is 23.1 Å². The zero-order valence-electron chi connectivity index (χ0n) is 24.0. The quantitative estimate of drug-likeness (QED) is 0.161. The van der Waals surface area contributed by atoms with Gasteiger partial charge in [-0.25, -0.2) is 19.7 Å². The molecule has 3 aromatic heterocycles. The maximum absolute atomic E-state index is 12.6. The van der Waals surface area contributed by atoms with Gasteiger partial charge < -0.3 is 50.1 Å². The lowest BCUT2D eigenvalue weighted by Gasteiger charge is -2.29. The molecule has 0 bridgehead atoms. The normalized spacial score (nSPS) is 27.2. The zero-order valence-corrected chi connectivity index (χ0v) is 24.9. The van der Waals surface area contributed by atoms with Gasteiger partial charge >= 0.3 is 5.69 Å². The Balaban J connectivity index is 0.000000782. The van der Waals surface area contributed by atoms with Gasteiger partial charge in [-0.3, -0.25) is 18.5 Å². The fourth-order valence-corrected chi connectivity index (χ4v) is 5.29. The molecule has 19 nitrogen and oxygen atoms in total. The predicted octanol–water partition coefficient (Wildman–Crippen LogP) is -2.51. The van der Waals surface area contributed by atoms with E-state index >= 15 is 0 Å². The molecule has 0 spiro atoms. The topological polar surface area (TPSA) is 283 Å². The molecule has 8 N–H and O–H groups in total. The largest absolute Gasteiger partial charge is 0.756 e. The molecule has 5 heterocycles. The number of phosphoric ester groups is 1. The third-order valence-corrected chi connectivity index (χ3v) is 7.14. The van der Waals surface area contributed by atoms with E-state index in [4.69, 9.17) is 24.3 Å². The molecule has 0 radical (unpaired) electrons. The number of imidazole rings is 1. The van der Waals surface area contributed by atoms with Gasteiger partial charge in [0.25, 0.3) is 13.4 Å². The average Bonchev–Trinajstić information content (AvgIpc) is 3.58. The molecule has 43 heavy (non-hydrogen) atoms. The van der Waals surface area contributed by atoms with Crippen LogP contribution in [0.4, 0.5) is 5.95 Å². The smallest absolute Gasteiger partial charge is 0.354 e. The number of fused-ring (bicyclic) bond motifs is 1. The number of hydrogen-bond acceptors (Lipinski definition) is 15. The zero-order chi connectivity index (χ0) is 31.7. The Labute approximate surface area is 244 Å². The van der Waals surface area contributed by atoms with E-state index in [1.54, 1.807) is 6.92 Å². The molecule has 2 fully saturated rings. The summed E-state index contributed by atoms with van der Waals surface area (Å²) in [6, 6.07) is 0. The van der Waals surface area contributed by atoms with Gasteiger partial charge in [-0.05, 0) is 27.7 Å². The van der Waals surface area contributed by atoms with E-state index in [0.717, 1.165) is 10.9 Å². The molecule has 0 saturated carbocycles. The summed E-state index contributed by atoms with van der Waals surface area (Å²) in [5.74, 6) is 0.119. The lowest BCUT2D eigenvalue weighted by molar-refractivity contribution is -0.458. The standard InChI is InChI=1S/C19H25N8O10P.C4H11N/c1-8-23-16-15(17(30)24-8)21-6-26(16)13-2-9(29)12(36-13)5-34-38(32,33)37-10-3-14(35-11(10)4-28)27-7-22-18(20)25-19(27)31;1-4(2,3)5/h6-7,9-14,28-29H,2-5H2,1H3,(H,32,33)(H2,20,25,31)(H,23,24,30);5H2,1-3H3/t9?,10?,11-,12-,13-,14-;/m1./s1. The highest BCUT2D eigenvalue weighted by Gasteiger charge is 2.41. The highest BCUT2D eigenvalue weighted by Crippen LogP contribution is 2.45. The van der Waals surface area contributed by atoms with E-state index in [9.17, 15) is 29.3 Å². The molecule has 2 aliphatic rings. The van der Waals surface area contributed by atoms with Crippen LogP contribution in [0.1, 0.15) is 51.9 Å². The second-order valence-corrected chi connectivity index (χ2v) is 12.7. The molecule has 3 unspecified atom stereocenters. The van der Waals surface area contributed by atoms with Crippen molar-refractivity contribution in [3.8, 4) is 0 Å². The summed E-state index contributed by atoms with van der Waals surface area (Å²) in [4.78, 5) is 54.7. The van der Waals surface area contributed by atoms with Crippen LogP contribution in [0.2, 0.25) is 0 Å². The van der Waals surface area contributed by atoms with Crippen LogP contribution in [0.5, 0.6) is 0 Å². The summed E-state index contributed by atoms with van der Waals surface area (Å²) in [5, 5.41) is 20.1. The number of nitrogens with two attached hydrogens (primary N) is 1. The first-order valence-corrected chi connectivity index (χ1v) is 14.7. The van der Waals surface area contributed by atoms with Crippen LogP contribution in [-0.4, -0.2) is 87.4 Å². The van der Waals surface area contributed by atoms with Crippen molar-refractivity contribution in [3.05, 3.63) is 39.3 Å². The van der Waals surface area contributed by atoms with Crippen molar-refractivity contribution >= 4 is 24.9 Å². The minimum Gasteiger partial charge on any atom is -0.756 e. The van der Waals surface area contributed by atoms with E-state index in [1.165, 1.54) is 10.9 Å². The number of phosphoric acid groups is 1. The number of nitrogens with zero attached hydrogens (tertiary/aromatic N) is 6. The molecule has 5 rings (SSSR count). The Hall–Kier alpha value is -3.13. The van der Waals surface area contributed by atoms with Crippen LogP contribution < -0.4 is 27.6 Å². The van der Waals surface area contributed by atoms with E-state index in [1.807, 2.05) is 0 Å². The Morgan fingerprint density at radius 1 is 1.16 bits per heavy atom. The molecule has 7 atom stereocenters. The van der Waals surface area contributed by atoms with Crippen LogP contribution in [0.3, 0.4) is 0 Å². The van der Waals surface area contributed by atoms with E-state index in [-0.39, 0.29) is 35.5 Å². The number of aryl methyl sites for hydroxylation is 1. The van der Waals surface area contributed by atoms with Crippen molar-refractivity contribution in [2.75, 3.05) is 18.9 Å². The predicted molar refractivity (Wildman–Crippen MR) is 145 cm³/mol. The van der Waals surface area contributed by atoms with Gasteiger partial charge in [0.2, 0.25) is 5.95 Å². The molecule has 0 amide bonds. The molecule has 3 aromatic rings. The molecule has 0 aliphatic carbocycles. The Morgan fingerprint density at radius 3 is 2.44 bits per heavy atom. The van der Waals surface area contributed by atoms with E-state index < -0.39 is 69.2 Å². The highest BCUT2D eigenvalue weighted by atomic mass is 31.2. The van der Waals surface area contributed by atoms with Gasteiger partial charge in [-0.2, -0.15) is 4.98 Å². The number of H-pyrrole nitrogens is 1. The second-order valence-electron chi connectivity index (χ2n) is 11.3. The number of anilines is 1. The number of aromatic nitrogens is 7. The molecular weight excluding hydrogens is 593 g/mol. The molecule has 2 aliphatic heterocycles. The number of rotatable bonds is 8. The minimum absolute atomic E-state index is 0.0557. The number of nitrogen functional groups attached to an aromatic ring is 1. The third kappa shape index (κ3) is 8.28. The van der Waals surface area contributed by atoms with Crippen LogP contribution >= 0.6 is 7.82 Å². The van der Waals surface area contributed by atoms with Gasteiger partial charge in [-0.1, -0.05) is 0 Å². The first kappa shape index (κ1) is 32.8. The van der Waals surface area contributed by atoms with Crippen LogP contribution in [0.25, 0.3) is 11.2 Å². The first-order chi connectivity index (χ1) is 20.0. The fourth-order valence-electron chi connectivity index (χ4n) is 4.34. The average molecular weight is 630 g/mol. The highest BCUT2D eigenvalue weighted by molar-refractivity contribution is 7.45. The van der Waals surface area contributed by atoms with Crippen molar-refractivity contribution in [2.24, 2.45) is 0 Å². The monoisotopic (exact) mass is 629 g/mol. The Morgan fingerprint density at radius 2 is 1.79 bits per heavy atom. The molecule has 238 valence electrons. The maximum Gasteiger partial charge on any atom is 0.354 e. The number of ether oxygens (including phenoxy) is 2. The maximum atomic E-state index is 12.6. The van der Waals surface area contributed by atoms with Gasteiger partial charge in [-0.15, -0.1) is 0 Å². The molecule has 20 heteroatoms. The van der Waals surface area contributed by atoms with Crippen molar-refractivity contribution < 1.29 is 43.9 Å². The van der Waals surface area contributed by atoms with E-state index in [2.05, 4.69) is 51.4 Å². The van der Waals surface area contributed by atoms with Crippen molar-refractivity contribution in [2.45, 2.75) is 82.9 Å². The Bertz CT molecular complexity index is 1580. The third-order valence-electron chi connectivity index (χ3n) is 6.14. The van der Waals surface area contributed by atoms with Crippen molar-refractivity contribution in [1.29, 1.82) is 0 Å². The lowest BCUT2D eigenvalue weighted by atomic mass is 10.1. The SMILES string of the molecule is CC(C)(C)[NH3+].Cc1nc2c(ncn2[C@H]2CC(O)[C@@H](COP(=O)([O-])OC3C[C@H](n4cnc(N)nc4=O)O[C@@H]3CO)O2)c(=O)[nH]1. The second kappa shape index (κ2) is 12.8. The summed E-state index contributed by atoms with van der Waals surface area (Å²) in [6.07, 6.45) is -3.90. The van der Waals surface area contributed by atoms with E-state index in [0.29, 0.717) is 5.82 Å². The van der Waals surface area contributed by atoms with Crippen LogP contribution in [0, 0.1) is 6.92 Å². The fraction of sp³-hybridized carbons (Fsp3) is 0.652. The summed E-state index contributed by atoms with van der Waals surface area (Å²) in [7, 11) is -4.99. The van der Waals surface area contributed by atoms with Gasteiger partial charge in [0.1, 0.15) is 36.8 Å². The first-order valence-electron chi connectivity index (χ1n) is 13.3. The minimum atomic E-state index is -4.99. The summed E-state index contributed by atoms with van der Waals surface area (Å²) in [6.45, 7) is 6.65. The summed E-state index contributed by atoms with van der Waals surface area (Å²) >= 11 is 0.